The van der Waals surface area contributed by atoms with Gasteiger partial charge in [-0.15, -0.1) is 11.8 Å². The monoisotopic (exact) mass is 356 g/mol. The number of nitrogens with two attached hydrogens (primary N) is 1. The maximum absolute atomic E-state index is 13.2. The van der Waals surface area contributed by atoms with Crippen LogP contribution in [0.1, 0.15) is 5.56 Å². The minimum Gasteiger partial charge on any atom is -0.398 e. The molecule has 2 rings (SSSR count). The summed E-state index contributed by atoms with van der Waals surface area (Å²) < 4.78 is 13.8. The van der Waals surface area contributed by atoms with Gasteiger partial charge in [0.1, 0.15) is 5.82 Å². The first kappa shape index (κ1) is 14.8. The Morgan fingerprint density at radius 2 is 2.05 bits per heavy atom. The van der Waals surface area contributed by atoms with Crippen molar-refractivity contribution in [2.75, 3.05) is 5.73 Å². The van der Waals surface area contributed by atoms with Gasteiger partial charge in [-0.3, -0.25) is 10.1 Å². The third-order valence-corrected chi connectivity index (χ3v) is 4.22. The van der Waals surface area contributed by atoms with Crippen molar-refractivity contribution >= 4 is 39.1 Å². The van der Waals surface area contributed by atoms with Crippen molar-refractivity contribution in [3.8, 4) is 0 Å². The Labute approximate surface area is 127 Å². The molecule has 0 heterocycles. The van der Waals surface area contributed by atoms with Crippen LogP contribution in [-0.4, -0.2) is 4.92 Å². The Kier molecular flexibility index (Phi) is 4.61. The average Bonchev–Trinajstić information content (AvgIpc) is 2.40. The summed E-state index contributed by atoms with van der Waals surface area (Å²) in [4.78, 5) is 11.1. The molecule has 4 nitrogen and oxygen atoms in total. The molecule has 0 saturated heterocycles. The molecule has 0 spiro atoms. The molecule has 0 atom stereocenters. The standard InChI is InChI=1S/C13H10BrFN2O2S/c14-9-2-1-8(12(5-9)17(18)19)7-20-13-6-10(15)3-4-11(13)16/h1-6H,7,16H2. The second-order valence-electron chi connectivity index (χ2n) is 4.00. The summed E-state index contributed by atoms with van der Waals surface area (Å²) in [7, 11) is 0. The van der Waals surface area contributed by atoms with E-state index in [0.29, 0.717) is 26.4 Å². The van der Waals surface area contributed by atoms with Gasteiger partial charge < -0.3 is 5.73 Å². The molecule has 2 aromatic carbocycles. The van der Waals surface area contributed by atoms with Crippen molar-refractivity contribution in [3.63, 3.8) is 0 Å². The van der Waals surface area contributed by atoms with Gasteiger partial charge in [0.05, 0.1) is 4.92 Å². The predicted octanol–water partition coefficient (Wildman–Crippen LogP) is 4.37. The van der Waals surface area contributed by atoms with Crippen LogP contribution in [0.3, 0.4) is 0 Å². The van der Waals surface area contributed by atoms with E-state index < -0.39 is 4.92 Å². The zero-order chi connectivity index (χ0) is 14.7. The van der Waals surface area contributed by atoms with E-state index >= 15 is 0 Å². The molecular formula is C13H10BrFN2O2S. The topological polar surface area (TPSA) is 69.2 Å². The molecule has 0 aromatic heterocycles. The van der Waals surface area contributed by atoms with Crippen LogP contribution in [0.5, 0.6) is 0 Å². The lowest BCUT2D eigenvalue weighted by Gasteiger charge is -2.06. The highest BCUT2D eigenvalue weighted by Gasteiger charge is 2.14. The first-order valence-electron chi connectivity index (χ1n) is 5.58. The lowest BCUT2D eigenvalue weighted by Crippen LogP contribution is -1.95. The normalized spacial score (nSPS) is 10.5. The molecule has 0 aliphatic carbocycles. The highest BCUT2D eigenvalue weighted by molar-refractivity contribution is 9.10. The number of hydrogen-bond acceptors (Lipinski definition) is 4. The molecule has 0 aliphatic heterocycles. The van der Waals surface area contributed by atoms with E-state index in [1.807, 2.05) is 0 Å². The first-order valence-corrected chi connectivity index (χ1v) is 7.36. The number of benzene rings is 2. The van der Waals surface area contributed by atoms with E-state index in [9.17, 15) is 14.5 Å². The minimum atomic E-state index is -0.435. The number of nitro benzene ring substituents is 1. The van der Waals surface area contributed by atoms with Crippen LogP contribution in [0.4, 0.5) is 15.8 Å². The lowest BCUT2D eigenvalue weighted by molar-refractivity contribution is -0.385. The van der Waals surface area contributed by atoms with Crippen LogP contribution in [0.15, 0.2) is 45.8 Å². The zero-order valence-electron chi connectivity index (χ0n) is 10.2. The fourth-order valence-electron chi connectivity index (χ4n) is 1.62. The molecule has 0 radical (unpaired) electrons. The molecule has 7 heteroatoms. The number of hydrogen-bond donors (Lipinski definition) is 1. The lowest BCUT2D eigenvalue weighted by atomic mass is 10.2. The molecule has 0 bridgehead atoms. The fraction of sp³-hybridized carbons (Fsp3) is 0.0769. The van der Waals surface area contributed by atoms with Gasteiger partial charge in [-0.25, -0.2) is 4.39 Å². The van der Waals surface area contributed by atoms with Crippen LogP contribution in [0.25, 0.3) is 0 Å². The van der Waals surface area contributed by atoms with Gasteiger partial charge in [-0.1, -0.05) is 22.0 Å². The van der Waals surface area contributed by atoms with Crippen molar-refractivity contribution in [1.29, 1.82) is 0 Å². The number of rotatable bonds is 4. The SMILES string of the molecule is Nc1ccc(F)cc1SCc1ccc(Br)cc1[N+](=O)[O-]. The second-order valence-corrected chi connectivity index (χ2v) is 5.93. The summed E-state index contributed by atoms with van der Waals surface area (Å²) >= 11 is 4.47. The molecule has 20 heavy (non-hydrogen) atoms. The van der Waals surface area contributed by atoms with Gasteiger partial charge in [-0.05, 0) is 24.3 Å². The highest BCUT2D eigenvalue weighted by Crippen LogP contribution is 2.32. The third kappa shape index (κ3) is 3.49. The van der Waals surface area contributed by atoms with E-state index in [0.717, 1.165) is 0 Å². The molecular weight excluding hydrogens is 347 g/mol. The Bertz CT molecular complexity index is 667. The maximum atomic E-state index is 13.2. The highest BCUT2D eigenvalue weighted by atomic mass is 79.9. The number of nitrogens with zero attached hydrogens (tertiary/aromatic N) is 1. The Hall–Kier alpha value is -1.60. The van der Waals surface area contributed by atoms with E-state index in [4.69, 9.17) is 5.73 Å². The average molecular weight is 357 g/mol. The van der Waals surface area contributed by atoms with Crippen LogP contribution in [0.2, 0.25) is 0 Å². The largest absolute Gasteiger partial charge is 0.398 e. The first-order chi connectivity index (χ1) is 9.47. The van der Waals surface area contributed by atoms with Crippen molar-refractivity contribution in [1.82, 2.24) is 0 Å². The minimum absolute atomic E-state index is 0.0295. The Balaban J connectivity index is 2.23. The molecule has 0 aliphatic rings. The van der Waals surface area contributed by atoms with E-state index in [-0.39, 0.29) is 11.5 Å². The molecule has 0 unspecified atom stereocenters. The van der Waals surface area contributed by atoms with Crippen LogP contribution in [-0.2, 0) is 5.75 Å². The van der Waals surface area contributed by atoms with E-state index in [1.54, 1.807) is 12.1 Å². The summed E-state index contributed by atoms with van der Waals surface area (Å²) in [5.41, 5.74) is 6.79. The van der Waals surface area contributed by atoms with Crippen molar-refractivity contribution < 1.29 is 9.31 Å². The summed E-state index contributed by atoms with van der Waals surface area (Å²) in [6.07, 6.45) is 0. The number of nitrogen functional groups attached to an aromatic ring is 1. The molecule has 104 valence electrons. The van der Waals surface area contributed by atoms with Crippen LogP contribution >= 0.6 is 27.7 Å². The van der Waals surface area contributed by atoms with Gasteiger partial charge >= 0.3 is 0 Å². The molecule has 2 N–H and O–H groups in total. The van der Waals surface area contributed by atoms with E-state index in [2.05, 4.69) is 15.9 Å². The second kappa shape index (κ2) is 6.23. The molecule has 0 amide bonds. The number of nitro groups is 1. The predicted molar refractivity (Wildman–Crippen MR) is 81.2 cm³/mol. The zero-order valence-corrected chi connectivity index (χ0v) is 12.6. The van der Waals surface area contributed by atoms with Crippen LogP contribution < -0.4 is 5.73 Å². The smallest absolute Gasteiger partial charge is 0.274 e. The molecule has 0 saturated carbocycles. The van der Waals surface area contributed by atoms with Crippen molar-refractivity contribution in [2.24, 2.45) is 0 Å². The van der Waals surface area contributed by atoms with Crippen molar-refractivity contribution in [2.45, 2.75) is 10.6 Å². The Morgan fingerprint density at radius 3 is 2.75 bits per heavy atom. The Morgan fingerprint density at radius 1 is 1.30 bits per heavy atom. The third-order valence-electron chi connectivity index (χ3n) is 2.60. The quantitative estimate of drug-likeness (QED) is 0.382. The molecule has 0 fully saturated rings. The number of halogens is 2. The summed E-state index contributed by atoms with van der Waals surface area (Å²) in [6.45, 7) is 0. The van der Waals surface area contributed by atoms with Crippen LogP contribution in [0, 0.1) is 15.9 Å². The van der Waals surface area contributed by atoms with Gasteiger partial charge in [0.15, 0.2) is 0 Å². The summed E-state index contributed by atoms with van der Waals surface area (Å²) in [5.74, 6) is -0.0379. The van der Waals surface area contributed by atoms with Gasteiger partial charge in [-0.2, -0.15) is 0 Å². The summed E-state index contributed by atoms with van der Waals surface area (Å²) in [6, 6.07) is 8.94. The maximum Gasteiger partial charge on any atom is 0.274 e. The van der Waals surface area contributed by atoms with Crippen molar-refractivity contribution in [3.05, 3.63) is 62.4 Å². The number of thioether (sulfide) groups is 1. The van der Waals surface area contributed by atoms with Gasteiger partial charge in [0.2, 0.25) is 0 Å². The van der Waals surface area contributed by atoms with E-state index in [1.165, 1.54) is 36.0 Å². The molecule has 2 aromatic rings. The van der Waals surface area contributed by atoms with Gasteiger partial charge in [0, 0.05) is 32.4 Å². The summed E-state index contributed by atoms with van der Waals surface area (Å²) in [5, 5.41) is 11.0. The fourth-order valence-corrected chi connectivity index (χ4v) is 2.95. The number of anilines is 1. The van der Waals surface area contributed by atoms with Gasteiger partial charge in [0.25, 0.3) is 5.69 Å².